The fraction of sp³-hybridized carbons (Fsp3) is 0.421. The van der Waals surface area contributed by atoms with Crippen molar-refractivity contribution in [1.29, 1.82) is 5.41 Å². The number of hydrogen-bond donors (Lipinski definition) is 1. The van der Waals surface area contributed by atoms with Crippen LogP contribution in [0.4, 0.5) is 0 Å². The second-order valence-corrected chi connectivity index (χ2v) is 6.94. The van der Waals surface area contributed by atoms with Crippen molar-refractivity contribution in [1.82, 2.24) is 4.57 Å². The second-order valence-electron chi connectivity index (χ2n) is 6.50. The number of fused-ring (bicyclic) bond motifs is 2. The Kier molecular flexibility index (Phi) is 4.84. The molecule has 0 aliphatic heterocycles. The molecule has 0 atom stereocenters. The van der Waals surface area contributed by atoms with E-state index in [1.54, 1.807) is 0 Å². The van der Waals surface area contributed by atoms with Crippen LogP contribution in [0.2, 0.25) is 5.02 Å². The molecule has 1 heterocycles. The van der Waals surface area contributed by atoms with Gasteiger partial charge in [-0.3, -0.25) is 0 Å². The number of nitrogens with zero attached hydrogens (tertiary/aromatic N) is 1. The highest BCUT2D eigenvalue weighted by atomic mass is 35.5. The van der Waals surface area contributed by atoms with Gasteiger partial charge in [0.1, 0.15) is 0 Å². The van der Waals surface area contributed by atoms with Gasteiger partial charge in [-0.15, -0.1) is 12.4 Å². The van der Waals surface area contributed by atoms with Gasteiger partial charge in [0.15, 0.2) is 0 Å². The summed E-state index contributed by atoms with van der Waals surface area (Å²) in [5, 5.41) is 10.2. The summed E-state index contributed by atoms with van der Waals surface area (Å²) in [4.78, 5) is 0. The van der Waals surface area contributed by atoms with Crippen LogP contribution in [-0.2, 0) is 32.2 Å². The maximum Gasteiger partial charge on any atom is 0.0638 e. The van der Waals surface area contributed by atoms with Crippen molar-refractivity contribution in [2.24, 2.45) is 0 Å². The first-order chi connectivity index (χ1) is 10.7. The SMILES string of the molecule is Cl.N=c1c2c(n(Cc3cccc(Cl)c3)c3c1CCC3)CCCC2. The molecule has 0 saturated carbocycles. The van der Waals surface area contributed by atoms with Gasteiger partial charge in [0.25, 0.3) is 0 Å². The van der Waals surface area contributed by atoms with E-state index in [2.05, 4.69) is 16.7 Å². The molecule has 2 aliphatic carbocycles. The molecule has 0 bridgehead atoms. The Labute approximate surface area is 148 Å². The highest BCUT2D eigenvalue weighted by Gasteiger charge is 2.24. The average Bonchev–Trinajstić information content (AvgIpc) is 3.01. The number of hydrogen-bond acceptors (Lipinski definition) is 1. The van der Waals surface area contributed by atoms with Crippen molar-refractivity contribution in [3.63, 3.8) is 0 Å². The van der Waals surface area contributed by atoms with Crippen LogP contribution in [0.3, 0.4) is 0 Å². The van der Waals surface area contributed by atoms with Crippen molar-refractivity contribution in [2.75, 3.05) is 0 Å². The molecule has 0 radical (unpaired) electrons. The van der Waals surface area contributed by atoms with Crippen LogP contribution < -0.4 is 5.36 Å². The third-order valence-electron chi connectivity index (χ3n) is 5.11. The molecule has 0 spiro atoms. The van der Waals surface area contributed by atoms with Crippen LogP contribution >= 0.6 is 24.0 Å². The Morgan fingerprint density at radius 1 is 0.957 bits per heavy atom. The van der Waals surface area contributed by atoms with Crippen LogP contribution in [-0.4, -0.2) is 4.57 Å². The van der Waals surface area contributed by atoms with Crippen LogP contribution in [0.15, 0.2) is 24.3 Å². The third-order valence-corrected chi connectivity index (χ3v) is 5.35. The van der Waals surface area contributed by atoms with E-state index in [1.807, 2.05) is 12.1 Å². The Hall–Kier alpha value is -1.25. The van der Waals surface area contributed by atoms with Crippen LogP contribution in [0.1, 0.15) is 47.3 Å². The Morgan fingerprint density at radius 3 is 2.35 bits per heavy atom. The van der Waals surface area contributed by atoms with Gasteiger partial charge in [-0.25, -0.2) is 0 Å². The fourth-order valence-electron chi connectivity index (χ4n) is 4.11. The molecule has 2 nitrogen and oxygen atoms in total. The quantitative estimate of drug-likeness (QED) is 0.830. The summed E-state index contributed by atoms with van der Waals surface area (Å²) < 4.78 is 2.51. The second kappa shape index (κ2) is 6.70. The molecule has 23 heavy (non-hydrogen) atoms. The lowest BCUT2D eigenvalue weighted by Gasteiger charge is -2.26. The number of pyridine rings is 1. The van der Waals surface area contributed by atoms with Crippen molar-refractivity contribution < 1.29 is 0 Å². The molecule has 0 amide bonds. The summed E-state index contributed by atoms with van der Waals surface area (Å²) >= 11 is 6.16. The first kappa shape index (κ1) is 16.6. The molecular weight excluding hydrogens is 327 g/mol. The van der Waals surface area contributed by atoms with Crippen LogP contribution in [0, 0.1) is 5.41 Å². The molecule has 0 unspecified atom stereocenters. The van der Waals surface area contributed by atoms with Gasteiger partial charge in [-0.1, -0.05) is 23.7 Å². The van der Waals surface area contributed by atoms with E-state index < -0.39 is 0 Å². The Balaban J connectivity index is 0.00000156. The molecule has 0 fully saturated rings. The number of rotatable bonds is 2. The molecular formula is C19H22Cl2N2. The average molecular weight is 349 g/mol. The van der Waals surface area contributed by atoms with Gasteiger partial charge < -0.3 is 9.98 Å². The van der Waals surface area contributed by atoms with E-state index >= 15 is 0 Å². The number of halogens is 2. The first-order valence-electron chi connectivity index (χ1n) is 8.29. The minimum absolute atomic E-state index is 0. The predicted octanol–water partition coefficient (Wildman–Crippen LogP) is 4.46. The van der Waals surface area contributed by atoms with Crippen molar-refractivity contribution in [3.05, 3.63) is 62.7 Å². The lowest BCUT2D eigenvalue weighted by Crippen LogP contribution is -2.27. The normalized spacial score (nSPS) is 15.7. The topological polar surface area (TPSA) is 28.8 Å². The zero-order valence-corrected chi connectivity index (χ0v) is 14.8. The fourth-order valence-corrected chi connectivity index (χ4v) is 4.32. The molecule has 4 rings (SSSR count). The Morgan fingerprint density at radius 2 is 1.61 bits per heavy atom. The molecule has 1 aromatic heterocycles. The van der Waals surface area contributed by atoms with Gasteiger partial charge >= 0.3 is 0 Å². The zero-order valence-electron chi connectivity index (χ0n) is 13.2. The summed E-state index contributed by atoms with van der Waals surface area (Å²) in [5.74, 6) is 0. The zero-order chi connectivity index (χ0) is 15.1. The highest BCUT2D eigenvalue weighted by Crippen LogP contribution is 2.28. The molecule has 0 saturated heterocycles. The summed E-state index contributed by atoms with van der Waals surface area (Å²) in [7, 11) is 0. The third kappa shape index (κ3) is 2.95. The smallest absolute Gasteiger partial charge is 0.0638 e. The number of benzene rings is 1. The lowest BCUT2D eigenvalue weighted by molar-refractivity contribution is 0.590. The standard InChI is InChI=1S/C19H21ClN2.ClH/c20-14-6-3-5-13(11-14)12-22-17-9-2-1-7-15(17)19(21)16-8-4-10-18(16)22;/h3,5-6,11,21H,1-2,4,7-10,12H2;1H. The monoisotopic (exact) mass is 348 g/mol. The van der Waals surface area contributed by atoms with E-state index in [0.717, 1.165) is 42.6 Å². The number of aromatic nitrogens is 1. The van der Waals surface area contributed by atoms with Gasteiger partial charge in [0.2, 0.25) is 0 Å². The number of nitrogens with one attached hydrogen (secondary N) is 1. The van der Waals surface area contributed by atoms with E-state index in [1.165, 1.54) is 47.3 Å². The van der Waals surface area contributed by atoms with Gasteiger partial charge in [-0.05, 0) is 73.8 Å². The van der Waals surface area contributed by atoms with E-state index in [0.29, 0.717) is 0 Å². The molecule has 1 N–H and O–H groups in total. The summed E-state index contributed by atoms with van der Waals surface area (Å²) in [5.41, 5.74) is 6.70. The maximum absolute atomic E-state index is 8.58. The van der Waals surface area contributed by atoms with Crippen molar-refractivity contribution in [3.8, 4) is 0 Å². The van der Waals surface area contributed by atoms with E-state index in [9.17, 15) is 0 Å². The minimum Gasteiger partial charge on any atom is -0.344 e. The highest BCUT2D eigenvalue weighted by molar-refractivity contribution is 6.30. The summed E-state index contributed by atoms with van der Waals surface area (Å²) in [6.07, 6.45) is 8.08. The van der Waals surface area contributed by atoms with Crippen molar-refractivity contribution >= 4 is 24.0 Å². The molecule has 1 aromatic carbocycles. The van der Waals surface area contributed by atoms with Crippen LogP contribution in [0.5, 0.6) is 0 Å². The van der Waals surface area contributed by atoms with Gasteiger partial charge in [0, 0.05) is 23.0 Å². The Bertz CT molecular complexity index is 793. The van der Waals surface area contributed by atoms with Crippen LogP contribution in [0.25, 0.3) is 0 Å². The first-order valence-corrected chi connectivity index (χ1v) is 8.67. The largest absolute Gasteiger partial charge is 0.344 e. The van der Waals surface area contributed by atoms with E-state index in [-0.39, 0.29) is 12.4 Å². The maximum atomic E-state index is 8.58. The van der Waals surface area contributed by atoms with Crippen molar-refractivity contribution in [2.45, 2.75) is 51.5 Å². The molecule has 2 aromatic rings. The van der Waals surface area contributed by atoms with Gasteiger partial charge in [0.05, 0.1) is 5.36 Å². The summed E-state index contributed by atoms with van der Waals surface area (Å²) in [6.45, 7) is 0.894. The van der Waals surface area contributed by atoms with Gasteiger partial charge in [-0.2, -0.15) is 0 Å². The molecule has 2 aliphatic rings. The molecule has 122 valence electrons. The predicted molar refractivity (Wildman–Crippen MR) is 96.8 cm³/mol. The van der Waals surface area contributed by atoms with E-state index in [4.69, 9.17) is 17.0 Å². The lowest BCUT2D eigenvalue weighted by atomic mass is 9.92. The summed E-state index contributed by atoms with van der Waals surface area (Å²) in [6, 6.07) is 8.19. The molecule has 4 heteroatoms. The minimum atomic E-state index is 0.